The third-order valence-corrected chi connectivity index (χ3v) is 11.4. The Morgan fingerprint density at radius 3 is 2.11 bits per heavy atom. The van der Waals surface area contributed by atoms with E-state index in [2.05, 4.69) is 4.90 Å². The molecule has 252 valence electrons. The summed E-state index contributed by atoms with van der Waals surface area (Å²) in [6.45, 7) is 2.71. The van der Waals surface area contributed by atoms with E-state index in [0.29, 0.717) is 29.6 Å². The molecule has 0 N–H and O–H groups in total. The molecule has 2 aromatic carbocycles. The van der Waals surface area contributed by atoms with Crippen LogP contribution in [-0.2, 0) is 34.7 Å². The molecule has 1 amide bonds. The van der Waals surface area contributed by atoms with E-state index in [1.807, 2.05) is 11.0 Å². The first-order chi connectivity index (χ1) is 22.7. The average molecular weight is 703 g/mol. The number of rotatable bonds is 9. The van der Waals surface area contributed by atoms with Gasteiger partial charge in [-0.25, -0.2) is 4.79 Å². The first-order valence-corrected chi connectivity index (χ1v) is 18.2. The fourth-order valence-electron chi connectivity index (χ4n) is 6.98. The normalized spacial score (nSPS) is 21.9. The van der Waals surface area contributed by atoms with Crippen molar-refractivity contribution >= 4 is 57.6 Å². The summed E-state index contributed by atoms with van der Waals surface area (Å²) < 4.78 is 24.1. The van der Waals surface area contributed by atoms with Gasteiger partial charge >= 0.3 is 11.9 Å². The predicted octanol–water partition coefficient (Wildman–Crippen LogP) is 5.81. The zero-order chi connectivity index (χ0) is 33.5. The molecule has 9 nitrogen and oxygen atoms in total. The number of hydrogen-bond acceptors (Lipinski definition) is 8. The molecule has 3 unspecified atom stereocenters. The molecule has 2 aliphatic heterocycles. The zero-order valence-electron chi connectivity index (χ0n) is 26.8. The Hall–Kier alpha value is -3.05. The highest BCUT2D eigenvalue weighted by Crippen LogP contribution is 2.46. The summed E-state index contributed by atoms with van der Waals surface area (Å²) in [7, 11) is 0.835. The lowest BCUT2D eigenvalue weighted by Gasteiger charge is -2.39. The number of esters is 2. The lowest BCUT2D eigenvalue weighted by molar-refractivity contribution is -0.143. The van der Waals surface area contributed by atoms with Crippen molar-refractivity contribution in [1.29, 1.82) is 0 Å². The number of hydrogen-bond donors (Lipinski definition) is 0. The highest BCUT2D eigenvalue weighted by molar-refractivity contribution is 7.85. The van der Waals surface area contributed by atoms with E-state index in [1.165, 1.54) is 52.7 Å². The van der Waals surface area contributed by atoms with Crippen LogP contribution in [0.15, 0.2) is 69.7 Å². The lowest BCUT2D eigenvalue weighted by atomic mass is 9.74. The molecule has 3 atom stereocenters. The van der Waals surface area contributed by atoms with Crippen molar-refractivity contribution < 1.29 is 28.1 Å². The van der Waals surface area contributed by atoms with Crippen molar-refractivity contribution in [1.82, 2.24) is 9.80 Å². The second-order valence-corrected chi connectivity index (χ2v) is 14.4. The molecule has 3 aliphatic rings. The van der Waals surface area contributed by atoms with Crippen molar-refractivity contribution in [3.8, 4) is 0 Å². The molecule has 1 saturated heterocycles. The van der Waals surface area contributed by atoms with Gasteiger partial charge in [-0.3, -0.25) is 23.7 Å². The van der Waals surface area contributed by atoms with Crippen LogP contribution in [0.4, 0.5) is 0 Å². The molecule has 2 aromatic rings. The van der Waals surface area contributed by atoms with Crippen molar-refractivity contribution in [2.75, 3.05) is 46.2 Å². The van der Waals surface area contributed by atoms with E-state index in [4.69, 9.17) is 37.7 Å². The highest BCUT2D eigenvalue weighted by atomic mass is 35.5. The minimum Gasteiger partial charge on any atom is -0.468 e. The topological polar surface area (TPSA) is 106 Å². The van der Waals surface area contributed by atoms with Crippen LogP contribution in [0.5, 0.6) is 0 Å². The van der Waals surface area contributed by atoms with E-state index in [1.54, 1.807) is 42.5 Å². The Morgan fingerprint density at radius 1 is 0.872 bits per heavy atom. The first kappa shape index (κ1) is 35.3. The van der Waals surface area contributed by atoms with Gasteiger partial charge in [0.15, 0.2) is 0 Å². The maximum absolute atomic E-state index is 13.9. The van der Waals surface area contributed by atoms with Crippen LogP contribution in [0.25, 0.3) is 0 Å². The molecule has 5 rings (SSSR count). The van der Waals surface area contributed by atoms with Crippen LogP contribution in [0.1, 0.15) is 56.4 Å². The van der Waals surface area contributed by atoms with Crippen LogP contribution in [-0.4, -0.2) is 89.8 Å². The summed E-state index contributed by atoms with van der Waals surface area (Å²) in [6, 6.07) is 14.2. The Kier molecular flexibility index (Phi) is 12.3. The molecule has 0 spiro atoms. The van der Waals surface area contributed by atoms with Gasteiger partial charge in [-0.1, -0.05) is 73.2 Å². The molecule has 0 bridgehead atoms. The first-order valence-electron chi connectivity index (χ1n) is 16.1. The van der Waals surface area contributed by atoms with E-state index in [-0.39, 0.29) is 45.1 Å². The average Bonchev–Trinajstić information content (AvgIpc) is 3.38. The summed E-state index contributed by atoms with van der Waals surface area (Å²) in [5, 5.41) is 0.423. The number of nitrogens with zero attached hydrogens (tertiary/aromatic N) is 3. The maximum Gasteiger partial charge on any atom is 0.336 e. The quantitative estimate of drug-likeness (QED) is 0.240. The van der Waals surface area contributed by atoms with Crippen LogP contribution < -0.4 is 0 Å². The maximum atomic E-state index is 13.9. The molecule has 2 fully saturated rings. The van der Waals surface area contributed by atoms with E-state index in [9.17, 15) is 18.6 Å². The molecule has 1 aliphatic carbocycles. The lowest BCUT2D eigenvalue weighted by Crippen LogP contribution is -2.52. The van der Waals surface area contributed by atoms with E-state index in [0.717, 1.165) is 13.1 Å². The van der Waals surface area contributed by atoms with Gasteiger partial charge < -0.3 is 14.4 Å². The largest absolute Gasteiger partial charge is 0.468 e. The summed E-state index contributed by atoms with van der Waals surface area (Å²) in [4.78, 5) is 50.7. The number of carbonyl (C=O) groups is 3. The number of benzene rings is 2. The molecule has 0 aromatic heterocycles. The van der Waals surface area contributed by atoms with Crippen molar-refractivity contribution in [2.45, 2.75) is 61.8 Å². The Bertz CT molecular complexity index is 1530. The standard InChI is InChI=1S/C35H41Cl2N3O6S/c1-45-34(42)31-27(21-29(41)40-19-17-39(18-20-40)23-11-6-3-4-7-12-23)38-28(22-47(44)24-13-8-5-9-14-24)32(35(43)46-2)33(31)30-25(36)15-10-16-26(30)37/h5,8-10,13-16,23,31,33H,3-4,6-7,11-12,17-22H2,1-2H3. The third-order valence-electron chi connectivity index (χ3n) is 9.38. The summed E-state index contributed by atoms with van der Waals surface area (Å²) >= 11 is 13.4. The Balaban J connectivity index is 1.52. The molecular formula is C35H41Cl2N3O6S. The van der Waals surface area contributed by atoms with Gasteiger partial charge in [0, 0.05) is 58.8 Å². The smallest absolute Gasteiger partial charge is 0.336 e. The highest BCUT2D eigenvalue weighted by Gasteiger charge is 2.46. The fourth-order valence-corrected chi connectivity index (χ4v) is 8.71. The summed E-state index contributed by atoms with van der Waals surface area (Å²) in [5.41, 5.74) is 0.629. The number of carbonyl (C=O) groups excluding carboxylic acids is 3. The minimum absolute atomic E-state index is 0.00426. The second kappa shape index (κ2) is 16.4. The molecule has 47 heavy (non-hydrogen) atoms. The van der Waals surface area contributed by atoms with Crippen LogP contribution in [0.3, 0.4) is 0 Å². The minimum atomic E-state index is -1.62. The van der Waals surface area contributed by atoms with Crippen LogP contribution in [0, 0.1) is 5.92 Å². The van der Waals surface area contributed by atoms with Gasteiger partial charge in [-0.15, -0.1) is 0 Å². The zero-order valence-corrected chi connectivity index (χ0v) is 29.1. The molecule has 12 heteroatoms. The van der Waals surface area contributed by atoms with Crippen LogP contribution >= 0.6 is 23.2 Å². The van der Waals surface area contributed by atoms with Gasteiger partial charge in [-0.2, -0.15) is 0 Å². The number of methoxy groups -OCH3 is 2. The third kappa shape index (κ3) is 8.16. The van der Waals surface area contributed by atoms with E-state index >= 15 is 0 Å². The number of halogens is 2. The summed E-state index contributed by atoms with van der Waals surface area (Å²) in [6.07, 6.45) is 7.25. The number of amides is 1. The van der Waals surface area contributed by atoms with Gasteiger partial charge in [0.05, 0.1) is 48.5 Å². The number of aliphatic imine (C=N–C) groups is 1. The SMILES string of the molecule is COC(=O)C1=C(CS(=O)c2ccccc2)N=C(CC(=O)N2CCN(C3CCCCCC3)CC2)C(C(=O)OC)C1c1c(Cl)cccc1Cl. The monoisotopic (exact) mass is 701 g/mol. The van der Waals surface area contributed by atoms with Crippen molar-refractivity contribution in [2.24, 2.45) is 10.9 Å². The Labute approximate surface area is 288 Å². The molecule has 2 heterocycles. The van der Waals surface area contributed by atoms with Crippen molar-refractivity contribution in [3.05, 3.63) is 75.4 Å². The van der Waals surface area contributed by atoms with Gasteiger partial charge in [0.2, 0.25) is 5.91 Å². The predicted molar refractivity (Wildman–Crippen MR) is 183 cm³/mol. The van der Waals surface area contributed by atoms with Gasteiger partial charge in [0.25, 0.3) is 0 Å². The van der Waals surface area contributed by atoms with Gasteiger partial charge in [0.1, 0.15) is 5.92 Å². The molecular weight excluding hydrogens is 661 g/mol. The molecule has 1 saturated carbocycles. The number of piperazine rings is 1. The second-order valence-electron chi connectivity index (χ2n) is 12.1. The molecule has 0 radical (unpaired) electrons. The summed E-state index contributed by atoms with van der Waals surface area (Å²) in [5.74, 6) is -4.15. The van der Waals surface area contributed by atoms with Crippen LogP contribution in [0.2, 0.25) is 10.0 Å². The van der Waals surface area contributed by atoms with Crippen molar-refractivity contribution in [3.63, 3.8) is 0 Å². The van der Waals surface area contributed by atoms with Gasteiger partial charge in [-0.05, 0) is 42.7 Å². The van der Waals surface area contributed by atoms with E-state index < -0.39 is 34.6 Å². The fraction of sp³-hybridized carbons (Fsp3) is 0.486. The number of ether oxygens (including phenoxy) is 2. The Morgan fingerprint density at radius 2 is 1.51 bits per heavy atom.